The van der Waals surface area contributed by atoms with E-state index in [1.807, 2.05) is 6.92 Å². The fraction of sp³-hybridized carbons (Fsp3) is 0.556. The summed E-state index contributed by atoms with van der Waals surface area (Å²) >= 11 is 1.60. The maximum Gasteiger partial charge on any atom is 0.114 e. The molecule has 14 heavy (non-hydrogen) atoms. The summed E-state index contributed by atoms with van der Waals surface area (Å²) < 4.78 is 0. The number of rotatable bonds is 5. The molecule has 1 atom stereocenters. The second kappa shape index (κ2) is 5.29. The fourth-order valence-corrected chi connectivity index (χ4v) is 1.88. The lowest BCUT2D eigenvalue weighted by Gasteiger charge is -2.20. The number of aliphatic hydroxyl groups excluding tert-OH is 1. The lowest BCUT2D eigenvalue weighted by atomic mass is 10.0. The van der Waals surface area contributed by atoms with Crippen LogP contribution in [0.25, 0.3) is 0 Å². The van der Waals surface area contributed by atoms with E-state index >= 15 is 0 Å². The highest BCUT2D eigenvalue weighted by Gasteiger charge is 2.16. The number of hydrogen-bond acceptors (Lipinski definition) is 5. The molecule has 0 amide bonds. The molecule has 4 nitrogen and oxygen atoms in total. The summed E-state index contributed by atoms with van der Waals surface area (Å²) in [5, 5.41) is 9.82. The van der Waals surface area contributed by atoms with Gasteiger partial charge in [-0.1, -0.05) is 0 Å². The Labute approximate surface area is 88.0 Å². The molecule has 0 aliphatic carbocycles. The molecule has 0 fully saturated rings. The van der Waals surface area contributed by atoms with E-state index in [-0.39, 0.29) is 6.61 Å². The maximum atomic E-state index is 8.93. The molecule has 0 saturated carbocycles. The summed E-state index contributed by atoms with van der Waals surface area (Å²) in [5.74, 6) is 0.840. The van der Waals surface area contributed by atoms with Gasteiger partial charge in [-0.2, -0.15) is 0 Å². The number of aliphatic hydroxyl groups is 1. The van der Waals surface area contributed by atoms with Crippen LogP contribution in [-0.2, 0) is 0 Å². The van der Waals surface area contributed by atoms with E-state index in [0.29, 0.717) is 0 Å². The van der Waals surface area contributed by atoms with Gasteiger partial charge in [-0.05, 0) is 13.3 Å². The molecule has 1 aromatic heterocycles. The van der Waals surface area contributed by atoms with Gasteiger partial charge in [0.15, 0.2) is 0 Å². The third-order valence-corrected chi connectivity index (χ3v) is 2.74. The van der Waals surface area contributed by atoms with Crippen molar-refractivity contribution < 1.29 is 5.11 Å². The van der Waals surface area contributed by atoms with E-state index in [2.05, 4.69) is 9.97 Å². The van der Waals surface area contributed by atoms with Crippen LogP contribution in [0.3, 0.4) is 0 Å². The van der Waals surface area contributed by atoms with Crippen molar-refractivity contribution in [2.24, 2.45) is 5.73 Å². The zero-order valence-corrected chi connectivity index (χ0v) is 9.00. The highest BCUT2D eigenvalue weighted by molar-refractivity contribution is 7.99. The van der Waals surface area contributed by atoms with Crippen molar-refractivity contribution in [3.05, 3.63) is 18.6 Å². The van der Waals surface area contributed by atoms with Gasteiger partial charge < -0.3 is 10.8 Å². The van der Waals surface area contributed by atoms with E-state index in [0.717, 1.165) is 17.2 Å². The Bertz CT molecular complexity index is 266. The second-order valence-corrected chi connectivity index (χ2v) is 4.57. The van der Waals surface area contributed by atoms with Gasteiger partial charge in [-0.3, -0.25) is 4.98 Å². The van der Waals surface area contributed by atoms with Crippen molar-refractivity contribution in [3.63, 3.8) is 0 Å². The number of nitrogens with two attached hydrogens (primary N) is 1. The Morgan fingerprint density at radius 1 is 1.57 bits per heavy atom. The molecule has 1 heterocycles. The lowest BCUT2D eigenvalue weighted by molar-refractivity contribution is 0.206. The minimum atomic E-state index is -0.491. The zero-order valence-electron chi connectivity index (χ0n) is 8.18. The number of thioether (sulfide) groups is 1. The average molecular weight is 213 g/mol. The lowest BCUT2D eigenvalue weighted by Crippen LogP contribution is -2.40. The Morgan fingerprint density at radius 3 is 2.93 bits per heavy atom. The minimum absolute atomic E-state index is 0.00796. The normalized spacial score (nSPS) is 15.1. The molecule has 1 rings (SSSR count). The van der Waals surface area contributed by atoms with E-state index < -0.39 is 5.54 Å². The van der Waals surface area contributed by atoms with Crippen LogP contribution < -0.4 is 5.73 Å². The standard InChI is InChI=1S/C9H15N3OS/c1-9(10,7-13)2-5-14-8-6-11-3-4-12-8/h3-4,6,13H,2,5,7,10H2,1H3. The van der Waals surface area contributed by atoms with Crippen molar-refractivity contribution in [1.82, 2.24) is 9.97 Å². The van der Waals surface area contributed by atoms with Gasteiger partial charge in [0.25, 0.3) is 0 Å². The Balaban J connectivity index is 2.29. The molecule has 3 N–H and O–H groups in total. The fourth-order valence-electron chi connectivity index (χ4n) is 0.828. The monoisotopic (exact) mass is 213 g/mol. The number of aromatic nitrogens is 2. The summed E-state index contributed by atoms with van der Waals surface area (Å²) in [4.78, 5) is 8.08. The third-order valence-electron chi connectivity index (χ3n) is 1.82. The molecule has 5 heteroatoms. The summed E-state index contributed by atoms with van der Waals surface area (Å²) in [5.41, 5.74) is 5.29. The van der Waals surface area contributed by atoms with Crippen LogP contribution in [0.15, 0.2) is 23.6 Å². The van der Waals surface area contributed by atoms with Crippen molar-refractivity contribution in [3.8, 4) is 0 Å². The highest BCUT2D eigenvalue weighted by Crippen LogP contribution is 2.17. The first-order chi connectivity index (χ1) is 6.64. The second-order valence-electron chi connectivity index (χ2n) is 3.45. The molecule has 0 aromatic carbocycles. The first kappa shape index (κ1) is 11.4. The van der Waals surface area contributed by atoms with Crippen LogP contribution in [0, 0.1) is 0 Å². The summed E-state index contributed by atoms with van der Waals surface area (Å²) in [6.07, 6.45) is 5.78. The van der Waals surface area contributed by atoms with Crippen molar-refractivity contribution in [1.29, 1.82) is 0 Å². The number of nitrogens with zero attached hydrogens (tertiary/aromatic N) is 2. The highest BCUT2D eigenvalue weighted by atomic mass is 32.2. The molecule has 0 spiro atoms. The van der Waals surface area contributed by atoms with Crippen LogP contribution in [-0.4, -0.2) is 33.0 Å². The number of hydrogen-bond donors (Lipinski definition) is 2. The van der Waals surface area contributed by atoms with Crippen LogP contribution >= 0.6 is 11.8 Å². The van der Waals surface area contributed by atoms with Crippen molar-refractivity contribution >= 4 is 11.8 Å². The SMILES string of the molecule is CC(N)(CO)CCSc1cnccn1. The molecule has 78 valence electrons. The van der Waals surface area contributed by atoms with Gasteiger partial charge >= 0.3 is 0 Å². The first-order valence-corrected chi connectivity index (χ1v) is 5.41. The van der Waals surface area contributed by atoms with Crippen LogP contribution in [0.1, 0.15) is 13.3 Å². The maximum absolute atomic E-state index is 8.93. The quantitative estimate of drug-likeness (QED) is 0.703. The van der Waals surface area contributed by atoms with Crippen LogP contribution in [0.5, 0.6) is 0 Å². The molecule has 0 radical (unpaired) electrons. The van der Waals surface area contributed by atoms with Gasteiger partial charge in [0.2, 0.25) is 0 Å². The Morgan fingerprint density at radius 2 is 2.36 bits per heavy atom. The van der Waals surface area contributed by atoms with Crippen molar-refractivity contribution in [2.75, 3.05) is 12.4 Å². The van der Waals surface area contributed by atoms with E-state index in [1.54, 1.807) is 30.4 Å². The third kappa shape index (κ3) is 4.04. The van der Waals surface area contributed by atoms with Gasteiger partial charge in [0.05, 0.1) is 12.8 Å². The molecule has 0 aliphatic rings. The summed E-state index contributed by atoms with van der Waals surface area (Å²) in [6.45, 7) is 1.85. The van der Waals surface area contributed by atoms with Crippen molar-refractivity contribution in [2.45, 2.75) is 23.9 Å². The molecule has 0 saturated heterocycles. The Kier molecular flexibility index (Phi) is 4.31. The van der Waals surface area contributed by atoms with Gasteiger partial charge in [0, 0.05) is 23.7 Å². The van der Waals surface area contributed by atoms with Gasteiger partial charge in [0.1, 0.15) is 5.03 Å². The average Bonchev–Trinajstić information content (AvgIpc) is 2.19. The van der Waals surface area contributed by atoms with E-state index in [9.17, 15) is 0 Å². The topological polar surface area (TPSA) is 72.0 Å². The van der Waals surface area contributed by atoms with E-state index in [1.165, 1.54) is 0 Å². The predicted molar refractivity (Wildman–Crippen MR) is 57.1 cm³/mol. The molecule has 0 bridgehead atoms. The molecule has 1 unspecified atom stereocenters. The minimum Gasteiger partial charge on any atom is -0.394 e. The summed E-state index contributed by atoms with van der Waals surface area (Å²) in [6, 6.07) is 0. The smallest absolute Gasteiger partial charge is 0.114 e. The summed E-state index contributed by atoms with van der Waals surface area (Å²) in [7, 11) is 0. The molecule has 0 aliphatic heterocycles. The van der Waals surface area contributed by atoms with Gasteiger partial charge in [-0.25, -0.2) is 4.98 Å². The van der Waals surface area contributed by atoms with Gasteiger partial charge in [-0.15, -0.1) is 11.8 Å². The predicted octanol–water partition coefficient (Wildman–Crippen LogP) is 0.668. The van der Waals surface area contributed by atoms with Crippen LogP contribution in [0.4, 0.5) is 0 Å². The largest absolute Gasteiger partial charge is 0.394 e. The first-order valence-electron chi connectivity index (χ1n) is 4.43. The van der Waals surface area contributed by atoms with E-state index in [4.69, 9.17) is 10.8 Å². The molecular weight excluding hydrogens is 198 g/mol. The van der Waals surface area contributed by atoms with Crippen LogP contribution in [0.2, 0.25) is 0 Å². The molecular formula is C9H15N3OS. The Hall–Kier alpha value is -0.650. The molecule has 1 aromatic rings. The zero-order chi connectivity index (χ0) is 10.4.